The van der Waals surface area contributed by atoms with Gasteiger partial charge in [0.1, 0.15) is 0 Å². The van der Waals surface area contributed by atoms with Crippen LogP contribution in [0.5, 0.6) is 11.5 Å². The molecule has 4 heteroatoms. The standard InChI is InChI=1S/2C8H7NO.CH4/c2*1-2-4-8-7(3-1)5-6-9-10-8;/h2*1-6,9H;1H4. The molecule has 2 N–H and O–H groups in total. The van der Waals surface area contributed by atoms with E-state index in [4.69, 9.17) is 9.68 Å². The minimum atomic E-state index is 0. The summed E-state index contributed by atoms with van der Waals surface area (Å²) in [5, 5.41) is 0. The van der Waals surface area contributed by atoms with E-state index in [0.717, 1.165) is 22.6 Å². The summed E-state index contributed by atoms with van der Waals surface area (Å²) < 4.78 is 0. The number of rotatable bonds is 0. The maximum absolute atomic E-state index is 5.09. The van der Waals surface area contributed by atoms with E-state index >= 15 is 0 Å². The average Bonchev–Trinajstić information content (AvgIpc) is 2.56. The second-order valence-electron chi connectivity index (χ2n) is 4.18. The van der Waals surface area contributed by atoms with Crippen LogP contribution < -0.4 is 20.6 Å². The monoisotopic (exact) mass is 282 g/mol. The van der Waals surface area contributed by atoms with E-state index in [2.05, 4.69) is 11.0 Å². The third-order valence-corrected chi connectivity index (χ3v) is 2.84. The van der Waals surface area contributed by atoms with Crippen LogP contribution in [0.25, 0.3) is 12.2 Å². The Morgan fingerprint density at radius 1 is 0.619 bits per heavy atom. The molecule has 0 atom stereocenters. The lowest BCUT2D eigenvalue weighted by molar-refractivity contribution is 0.239. The van der Waals surface area contributed by atoms with Crippen molar-refractivity contribution in [3.05, 3.63) is 72.1 Å². The second-order valence-corrected chi connectivity index (χ2v) is 4.18. The van der Waals surface area contributed by atoms with Crippen LogP contribution >= 0.6 is 0 Å². The Morgan fingerprint density at radius 2 is 1.05 bits per heavy atom. The Bertz CT molecular complexity index is 593. The molecule has 0 saturated heterocycles. The first-order chi connectivity index (χ1) is 9.93. The first kappa shape index (κ1) is 14.5. The summed E-state index contributed by atoms with van der Waals surface area (Å²) in [7, 11) is 0. The van der Waals surface area contributed by atoms with Gasteiger partial charge in [-0.05, 0) is 24.3 Å². The lowest BCUT2D eigenvalue weighted by Gasteiger charge is -2.11. The summed E-state index contributed by atoms with van der Waals surface area (Å²) in [5.41, 5.74) is 7.55. The number of hydrogen-bond acceptors (Lipinski definition) is 4. The molecule has 0 amide bonds. The zero-order chi connectivity index (χ0) is 13.6. The molecule has 0 saturated carbocycles. The van der Waals surface area contributed by atoms with Gasteiger partial charge in [0.05, 0.1) is 0 Å². The highest BCUT2D eigenvalue weighted by atomic mass is 16.6. The van der Waals surface area contributed by atoms with Crippen LogP contribution in [-0.2, 0) is 0 Å². The lowest BCUT2D eigenvalue weighted by atomic mass is 10.2. The summed E-state index contributed by atoms with van der Waals surface area (Å²) in [6.07, 6.45) is 7.47. The van der Waals surface area contributed by atoms with Gasteiger partial charge in [-0.1, -0.05) is 43.8 Å². The van der Waals surface area contributed by atoms with Crippen molar-refractivity contribution >= 4 is 12.2 Å². The molecule has 0 fully saturated rings. The van der Waals surface area contributed by atoms with Crippen LogP contribution in [0.2, 0.25) is 0 Å². The Balaban J connectivity index is 0.000000147. The fourth-order valence-electron chi connectivity index (χ4n) is 1.86. The summed E-state index contributed by atoms with van der Waals surface area (Å²) in [5.74, 6) is 1.76. The molecule has 0 radical (unpaired) electrons. The second kappa shape index (κ2) is 7.05. The largest absolute Gasteiger partial charge is 0.382 e. The van der Waals surface area contributed by atoms with E-state index in [1.54, 1.807) is 12.4 Å². The molecule has 0 aromatic heterocycles. The fraction of sp³-hybridized carbons (Fsp3) is 0.0588. The summed E-state index contributed by atoms with van der Waals surface area (Å²) in [6.45, 7) is 0. The molecule has 4 nitrogen and oxygen atoms in total. The maximum atomic E-state index is 5.09. The highest BCUT2D eigenvalue weighted by molar-refractivity contribution is 5.58. The van der Waals surface area contributed by atoms with Crippen LogP contribution in [-0.4, -0.2) is 0 Å². The smallest absolute Gasteiger partial charge is 0.162 e. The first-order valence-corrected chi connectivity index (χ1v) is 6.29. The van der Waals surface area contributed by atoms with Crippen molar-refractivity contribution in [1.82, 2.24) is 11.0 Å². The van der Waals surface area contributed by atoms with Gasteiger partial charge in [0.2, 0.25) is 0 Å². The van der Waals surface area contributed by atoms with Crippen molar-refractivity contribution < 1.29 is 9.68 Å². The van der Waals surface area contributed by atoms with E-state index < -0.39 is 0 Å². The van der Waals surface area contributed by atoms with E-state index in [9.17, 15) is 0 Å². The fourth-order valence-corrected chi connectivity index (χ4v) is 1.86. The molecule has 2 aromatic carbocycles. The van der Waals surface area contributed by atoms with Gasteiger partial charge in [-0.2, -0.15) is 0 Å². The Labute approximate surface area is 124 Å². The maximum Gasteiger partial charge on any atom is 0.162 e. The third-order valence-electron chi connectivity index (χ3n) is 2.84. The third kappa shape index (κ3) is 3.57. The molecular weight excluding hydrogens is 264 g/mol. The summed E-state index contributed by atoms with van der Waals surface area (Å²) in [4.78, 5) is 10.2. The Morgan fingerprint density at radius 3 is 1.48 bits per heavy atom. The van der Waals surface area contributed by atoms with Crippen LogP contribution in [0, 0.1) is 0 Å². The van der Waals surface area contributed by atoms with Gasteiger partial charge in [0.25, 0.3) is 0 Å². The number of benzene rings is 2. The van der Waals surface area contributed by atoms with Crippen molar-refractivity contribution in [3.8, 4) is 11.5 Å². The predicted molar refractivity (Wildman–Crippen MR) is 85.2 cm³/mol. The molecular formula is C17H18N2O2. The van der Waals surface area contributed by atoms with Crippen LogP contribution in [0.1, 0.15) is 18.6 Å². The van der Waals surface area contributed by atoms with Crippen molar-refractivity contribution in [2.75, 3.05) is 0 Å². The van der Waals surface area contributed by atoms with Gasteiger partial charge in [0.15, 0.2) is 11.5 Å². The topological polar surface area (TPSA) is 42.5 Å². The van der Waals surface area contributed by atoms with E-state index in [-0.39, 0.29) is 7.43 Å². The molecule has 2 aliphatic rings. The van der Waals surface area contributed by atoms with Crippen molar-refractivity contribution in [2.45, 2.75) is 7.43 Å². The van der Waals surface area contributed by atoms with Gasteiger partial charge < -0.3 is 9.68 Å². The number of fused-ring (bicyclic) bond motifs is 2. The van der Waals surface area contributed by atoms with Gasteiger partial charge in [0, 0.05) is 23.5 Å². The highest BCUT2D eigenvalue weighted by Gasteiger charge is 2.02. The molecule has 0 bridgehead atoms. The van der Waals surface area contributed by atoms with Crippen molar-refractivity contribution in [1.29, 1.82) is 0 Å². The average molecular weight is 282 g/mol. The van der Waals surface area contributed by atoms with Gasteiger partial charge in [-0.3, -0.25) is 0 Å². The van der Waals surface area contributed by atoms with E-state index in [0.29, 0.717) is 0 Å². The van der Waals surface area contributed by atoms with E-state index in [1.807, 2.05) is 60.7 Å². The zero-order valence-corrected chi connectivity index (χ0v) is 10.7. The summed E-state index contributed by atoms with van der Waals surface area (Å²) >= 11 is 0. The number of nitrogens with one attached hydrogen (secondary N) is 2. The van der Waals surface area contributed by atoms with Gasteiger partial charge in [-0.15, -0.1) is 0 Å². The molecule has 0 unspecified atom stereocenters. The van der Waals surface area contributed by atoms with Gasteiger partial charge in [-0.25, -0.2) is 11.0 Å². The van der Waals surface area contributed by atoms with E-state index in [1.165, 1.54) is 0 Å². The minimum absolute atomic E-state index is 0. The SMILES string of the molecule is C.C1=Cc2ccccc2ON1.C1=Cc2ccccc2ON1. The molecule has 2 aromatic rings. The Hall–Kier alpha value is -2.88. The first-order valence-electron chi connectivity index (χ1n) is 6.29. The predicted octanol–water partition coefficient (Wildman–Crippen LogP) is 3.74. The molecule has 108 valence electrons. The number of hydrogen-bond donors (Lipinski definition) is 2. The lowest BCUT2D eigenvalue weighted by Crippen LogP contribution is -2.13. The molecule has 2 aliphatic heterocycles. The molecule has 21 heavy (non-hydrogen) atoms. The summed E-state index contributed by atoms with van der Waals surface area (Å²) in [6, 6.07) is 15.7. The molecule has 0 spiro atoms. The Kier molecular flexibility index (Phi) is 4.88. The number of hydroxylamine groups is 2. The number of para-hydroxylation sites is 2. The molecule has 2 heterocycles. The van der Waals surface area contributed by atoms with Crippen molar-refractivity contribution in [2.24, 2.45) is 0 Å². The van der Waals surface area contributed by atoms with Crippen molar-refractivity contribution in [3.63, 3.8) is 0 Å². The van der Waals surface area contributed by atoms with Crippen LogP contribution in [0.15, 0.2) is 60.9 Å². The normalized spacial score (nSPS) is 12.6. The van der Waals surface area contributed by atoms with Crippen LogP contribution in [0.3, 0.4) is 0 Å². The molecule has 0 aliphatic carbocycles. The highest BCUT2D eigenvalue weighted by Crippen LogP contribution is 2.21. The minimum Gasteiger partial charge on any atom is -0.382 e. The zero-order valence-electron chi connectivity index (χ0n) is 10.7. The van der Waals surface area contributed by atoms with Gasteiger partial charge >= 0.3 is 0 Å². The quantitative estimate of drug-likeness (QED) is 0.772. The molecule has 4 rings (SSSR count). The van der Waals surface area contributed by atoms with Crippen LogP contribution in [0.4, 0.5) is 0 Å².